The first-order valence-electron chi connectivity index (χ1n) is 7.62. The molecule has 0 radical (unpaired) electrons. The third-order valence-electron chi connectivity index (χ3n) is 7.08. The molecule has 0 atom stereocenters. The molecule has 0 aromatic rings. The Bertz CT molecular complexity index is 236. The van der Waals surface area contributed by atoms with Gasteiger partial charge in [0.15, 0.2) is 0 Å². The van der Waals surface area contributed by atoms with Crippen molar-refractivity contribution in [2.24, 2.45) is 16.2 Å². The first kappa shape index (κ1) is 11.1. The number of hydrogen-bond acceptors (Lipinski definition) is 0. The molecule has 0 aromatic heterocycles. The molecule has 92 valence electrons. The van der Waals surface area contributed by atoms with Crippen molar-refractivity contribution in [2.45, 2.75) is 84.5 Å². The Morgan fingerprint density at radius 1 is 0.500 bits per heavy atom. The van der Waals surface area contributed by atoms with Crippen LogP contribution in [-0.4, -0.2) is 0 Å². The van der Waals surface area contributed by atoms with E-state index in [-0.39, 0.29) is 0 Å². The van der Waals surface area contributed by atoms with Crippen molar-refractivity contribution in [3.8, 4) is 0 Å². The zero-order valence-corrected chi connectivity index (χ0v) is 11.3. The van der Waals surface area contributed by atoms with Crippen molar-refractivity contribution >= 4 is 0 Å². The van der Waals surface area contributed by atoms with Crippen LogP contribution in [0.4, 0.5) is 0 Å². The second-order valence-electron chi connectivity index (χ2n) is 7.45. The first-order valence-corrected chi connectivity index (χ1v) is 7.62. The molecule has 0 saturated heterocycles. The highest BCUT2D eigenvalue weighted by atomic mass is 14.6. The summed E-state index contributed by atoms with van der Waals surface area (Å²) in [5, 5.41) is 0. The summed E-state index contributed by atoms with van der Waals surface area (Å²) in [7, 11) is 0. The van der Waals surface area contributed by atoms with Gasteiger partial charge >= 0.3 is 0 Å². The molecule has 16 heavy (non-hydrogen) atoms. The van der Waals surface area contributed by atoms with E-state index >= 15 is 0 Å². The molecule has 3 rings (SSSR count). The third-order valence-corrected chi connectivity index (χ3v) is 7.08. The summed E-state index contributed by atoms with van der Waals surface area (Å²) in [6.07, 6.45) is 16.8. The highest BCUT2D eigenvalue weighted by Gasteiger charge is 2.59. The molecule has 0 aliphatic heterocycles. The van der Waals surface area contributed by atoms with Crippen LogP contribution < -0.4 is 0 Å². The van der Waals surface area contributed by atoms with Crippen molar-refractivity contribution in [2.75, 3.05) is 0 Å². The quantitative estimate of drug-likeness (QED) is 0.518. The lowest BCUT2D eigenvalue weighted by atomic mass is 9.45. The van der Waals surface area contributed by atoms with Crippen LogP contribution in [0.25, 0.3) is 0 Å². The molecule has 0 heteroatoms. The summed E-state index contributed by atoms with van der Waals surface area (Å²) in [6.45, 7) is 5.28. The largest absolute Gasteiger partial charge is 0.0588 e. The maximum absolute atomic E-state index is 2.64. The minimum Gasteiger partial charge on any atom is -0.0588 e. The minimum atomic E-state index is 0.630. The van der Waals surface area contributed by atoms with E-state index in [1.807, 2.05) is 0 Å². The van der Waals surface area contributed by atoms with Gasteiger partial charge in [0, 0.05) is 0 Å². The van der Waals surface area contributed by atoms with Crippen LogP contribution in [0.1, 0.15) is 84.5 Å². The van der Waals surface area contributed by atoms with Gasteiger partial charge in [0.25, 0.3) is 0 Å². The first-order chi connectivity index (χ1) is 7.62. The lowest BCUT2D eigenvalue weighted by molar-refractivity contribution is -0.101. The summed E-state index contributed by atoms with van der Waals surface area (Å²) in [5.41, 5.74) is 2.12. The molecule has 0 amide bonds. The molecule has 0 N–H and O–H groups in total. The van der Waals surface area contributed by atoms with Gasteiger partial charge in [-0.05, 0) is 54.8 Å². The monoisotopic (exact) mass is 220 g/mol. The second kappa shape index (κ2) is 3.50. The van der Waals surface area contributed by atoms with Gasteiger partial charge < -0.3 is 0 Å². The van der Waals surface area contributed by atoms with E-state index in [1.54, 1.807) is 38.5 Å². The van der Waals surface area contributed by atoms with Crippen molar-refractivity contribution < 1.29 is 0 Å². The highest BCUT2D eigenvalue weighted by Crippen LogP contribution is 2.69. The van der Waals surface area contributed by atoms with Crippen LogP contribution in [0.5, 0.6) is 0 Å². The molecule has 0 heterocycles. The van der Waals surface area contributed by atoms with Crippen molar-refractivity contribution in [3.05, 3.63) is 0 Å². The predicted octanol–water partition coefficient (Wildman–Crippen LogP) is 5.32. The van der Waals surface area contributed by atoms with Crippen LogP contribution in [0.3, 0.4) is 0 Å². The average Bonchev–Trinajstić information content (AvgIpc) is 2.86. The maximum Gasteiger partial charge on any atom is -0.0241 e. The lowest BCUT2D eigenvalue weighted by Gasteiger charge is -2.59. The Morgan fingerprint density at radius 3 is 1.19 bits per heavy atom. The smallest absolute Gasteiger partial charge is 0.0241 e. The minimum absolute atomic E-state index is 0.630. The molecule has 3 aliphatic rings. The van der Waals surface area contributed by atoms with Gasteiger partial charge in [0.05, 0.1) is 0 Å². The Hall–Kier alpha value is 0. The molecule has 0 aromatic carbocycles. The van der Waals surface area contributed by atoms with Crippen molar-refractivity contribution in [1.82, 2.24) is 0 Å². The Balaban J connectivity index is 1.97. The topological polar surface area (TPSA) is 0 Å². The Labute approximate surface area is 101 Å². The number of hydrogen-bond donors (Lipinski definition) is 0. The fourth-order valence-electron chi connectivity index (χ4n) is 5.81. The predicted molar refractivity (Wildman–Crippen MR) is 69.4 cm³/mol. The molecule has 3 fully saturated rings. The van der Waals surface area contributed by atoms with Gasteiger partial charge in [0.2, 0.25) is 0 Å². The standard InChI is InChI=1S/C16H28/c1-14(2)15(8-3-4-9-15)12-7-13-16(14)10-5-6-11-16/h3-13H2,1-2H3. The lowest BCUT2D eigenvalue weighted by Crippen LogP contribution is -2.51. The zero-order valence-electron chi connectivity index (χ0n) is 11.3. The summed E-state index contributed by atoms with van der Waals surface area (Å²) in [6, 6.07) is 0. The van der Waals surface area contributed by atoms with Gasteiger partial charge in [0.1, 0.15) is 0 Å². The van der Waals surface area contributed by atoms with Gasteiger partial charge in [-0.3, -0.25) is 0 Å². The summed E-state index contributed by atoms with van der Waals surface area (Å²) in [5.74, 6) is 0. The van der Waals surface area contributed by atoms with E-state index < -0.39 is 0 Å². The summed E-state index contributed by atoms with van der Waals surface area (Å²) >= 11 is 0. The van der Waals surface area contributed by atoms with Crippen LogP contribution >= 0.6 is 0 Å². The van der Waals surface area contributed by atoms with Crippen LogP contribution in [0.2, 0.25) is 0 Å². The van der Waals surface area contributed by atoms with E-state index in [0.29, 0.717) is 5.41 Å². The third kappa shape index (κ3) is 1.22. The van der Waals surface area contributed by atoms with Gasteiger partial charge in [-0.25, -0.2) is 0 Å². The van der Waals surface area contributed by atoms with E-state index in [0.717, 1.165) is 10.8 Å². The fourth-order valence-corrected chi connectivity index (χ4v) is 5.81. The molecule has 2 spiro atoms. The molecule has 3 aliphatic carbocycles. The Kier molecular flexibility index (Phi) is 2.43. The molecular weight excluding hydrogens is 192 g/mol. The molecule has 0 unspecified atom stereocenters. The van der Waals surface area contributed by atoms with E-state index in [1.165, 1.54) is 32.1 Å². The van der Waals surface area contributed by atoms with Crippen LogP contribution in [0, 0.1) is 16.2 Å². The highest BCUT2D eigenvalue weighted by molar-refractivity contribution is 5.09. The maximum atomic E-state index is 2.64. The average molecular weight is 220 g/mol. The molecule has 3 saturated carbocycles. The van der Waals surface area contributed by atoms with E-state index in [4.69, 9.17) is 0 Å². The van der Waals surface area contributed by atoms with Crippen LogP contribution in [0.15, 0.2) is 0 Å². The van der Waals surface area contributed by atoms with Gasteiger partial charge in [-0.1, -0.05) is 46.0 Å². The normalized spacial score (nSPS) is 34.9. The van der Waals surface area contributed by atoms with E-state index in [9.17, 15) is 0 Å². The SMILES string of the molecule is CC1(C)C2(CCCC2)CCCC12CCCC2. The van der Waals surface area contributed by atoms with Gasteiger partial charge in [-0.15, -0.1) is 0 Å². The molecule has 0 nitrogen and oxygen atoms in total. The zero-order chi connectivity index (χ0) is 11.3. The summed E-state index contributed by atoms with van der Waals surface area (Å²) in [4.78, 5) is 0. The van der Waals surface area contributed by atoms with Crippen LogP contribution in [-0.2, 0) is 0 Å². The van der Waals surface area contributed by atoms with Gasteiger partial charge in [-0.2, -0.15) is 0 Å². The molecular formula is C16H28. The van der Waals surface area contributed by atoms with Crippen molar-refractivity contribution in [1.29, 1.82) is 0 Å². The van der Waals surface area contributed by atoms with E-state index in [2.05, 4.69) is 13.8 Å². The fraction of sp³-hybridized carbons (Fsp3) is 1.00. The Morgan fingerprint density at radius 2 is 0.812 bits per heavy atom. The molecule has 0 bridgehead atoms. The number of rotatable bonds is 0. The summed E-state index contributed by atoms with van der Waals surface area (Å²) < 4.78 is 0. The van der Waals surface area contributed by atoms with Crippen molar-refractivity contribution in [3.63, 3.8) is 0 Å². The second-order valence-corrected chi connectivity index (χ2v) is 7.45.